The predicted octanol–water partition coefficient (Wildman–Crippen LogP) is 2.35. The summed E-state index contributed by atoms with van der Waals surface area (Å²) < 4.78 is 15.2. The molecule has 1 unspecified atom stereocenters. The summed E-state index contributed by atoms with van der Waals surface area (Å²) in [6.45, 7) is 0.449. The molecule has 0 fully saturated rings. The van der Waals surface area contributed by atoms with Gasteiger partial charge in [0.2, 0.25) is 0 Å². The summed E-state index contributed by atoms with van der Waals surface area (Å²) in [5.41, 5.74) is 6.75. The molecule has 0 saturated carbocycles. The van der Waals surface area contributed by atoms with Gasteiger partial charge in [-0.3, -0.25) is 4.68 Å². The minimum Gasteiger partial charge on any atom is -0.329 e. The second kappa shape index (κ2) is 5.33. The Morgan fingerprint density at radius 3 is 2.82 bits per heavy atom. The van der Waals surface area contributed by atoms with Crippen LogP contribution >= 0.6 is 11.8 Å². The van der Waals surface area contributed by atoms with E-state index in [2.05, 4.69) is 5.10 Å². The molecular weight excluding hydrogens is 237 g/mol. The predicted molar refractivity (Wildman–Crippen MR) is 67.3 cm³/mol. The molecule has 17 heavy (non-hydrogen) atoms. The Kier molecular flexibility index (Phi) is 3.81. The van der Waals surface area contributed by atoms with Crippen molar-refractivity contribution in [2.75, 3.05) is 6.54 Å². The van der Waals surface area contributed by atoms with E-state index in [0.717, 1.165) is 5.56 Å². The topological polar surface area (TPSA) is 43.8 Å². The van der Waals surface area contributed by atoms with E-state index >= 15 is 0 Å². The average molecular weight is 251 g/mol. The van der Waals surface area contributed by atoms with Gasteiger partial charge in [-0.05, 0) is 12.1 Å². The van der Waals surface area contributed by atoms with Crippen LogP contribution in [0.15, 0.2) is 41.6 Å². The number of thioether (sulfide) groups is 1. The van der Waals surface area contributed by atoms with E-state index in [1.165, 1.54) is 17.8 Å². The first kappa shape index (κ1) is 12.1. The van der Waals surface area contributed by atoms with Crippen LogP contribution in [0.1, 0.15) is 10.8 Å². The van der Waals surface area contributed by atoms with Gasteiger partial charge in [0, 0.05) is 35.5 Å². The lowest BCUT2D eigenvalue weighted by Crippen LogP contribution is -2.09. The zero-order valence-electron chi connectivity index (χ0n) is 9.51. The maximum absolute atomic E-state index is 13.5. The summed E-state index contributed by atoms with van der Waals surface area (Å²) in [5, 5.41) is 4.13. The lowest BCUT2D eigenvalue weighted by molar-refractivity contribution is 0.601. The van der Waals surface area contributed by atoms with Crippen LogP contribution in [-0.4, -0.2) is 16.3 Å². The monoisotopic (exact) mass is 251 g/mol. The van der Waals surface area contributed by atoms with E-state index in [9.17, 15) is 4.39 Å². The zero-order valence-corrected chi connectivity index (χ0v) is 10.3. The van der Waals surface area contributed by atoms with E-state index in [-0.39, 0.29) is 11.1 Å². The molecule has 2 rings (SSSR count). The van der Waals surface area contributed by atoms with Crippen molar-refractivity contribution >= 4 is 11.8 Å². The molecule has 2 aromatic rings. The van der Waals surface area contributed by atoms with Gasteiger partial charge >= 0.3 is 0 Å². The highest BCUT2D eigenvalue weighted by Gasteiger charge is 2.15. The molecule has 0 saturated heterocycles. The van der Waals surface area contributed by atoms with Gasteiger partial charge in [0.1, 0.15) is 5.82 Å². The maximum atomic E-state index is 13.5. The van der Waals surface area contributed by atoms with E-state index in [1.54, 1.807) is 23.0 Å². The molecule has 0 aliphatic heterocycles. The van der Waals surface area contributed by atoms with Crippen LogP contribution in [0.25, 0.3) is 0 Å². The highest BCUT2D eigenvalue weighted by molar-refractivity contribution is 7.99. The Balaban J connectivity index is 2.18. The van der Waals surface area contributed by atoms with Gasteiger partial charge in [0.05, 0.1) is 6.20 Å². The second-order valence-electron chi connectivity index (χ2n) is 3.72. The molecule has 1 heterocycles. The van der Waals surface area contributed by atoms with Gasteiger partial charge in [-0.15, -0.1) is 11.8 Å². The normalized spacial score (nSPS) is 12.6. The average Bonchev–Trinajstić information content (AvgIpc) is 2.75. The number of benzene rings is 1. The minimum atomic E-state index is -0.208. The number of hydrogen-bond donors (Lipinski definition) is 1. The highest BCUT2D eigenvalue weighted by atomic mass is 32.2. The number of nitrogens with two attached hydrogens (primary N) is 1. The van der Waals surface area contributed by atoms with Crippen molar-refractivity contribution in [3.05, 3.63) is 48.0 Å². The number of hydrogen-bond acceptors (Lipinski definition) is 3. The smallest absolute Gasteiger partial charge is 0.136 e. The fourth-order valence-corrected chi connectivity index (χ4v) is 2.55. The van der Waals surface area contributed by atoms with Crippen LogP contribution in [0.3, 0.4) is 0 Å². The summed E-state index contributed by atoms with van der Waals surface area (Å²) in [7, 11) is 1.85. The Morgan fingerprint density at radius 1 is 1.47 bits per heavy atom. The van der Waals surface area contributed by atoms with Gasteiger partial charge in [-0.2, -0.15) is 5.10 Å². The van der Waals surface area contributed by atoms with Gasteiger partial charge in [0.15, 0.2) is 0 Å². The molecule has 1 atom stereocenters. The lowest BCUT2D eigenvalue weighted by Gasteiger charge is -2.12. The van der Waals surface area contributed by atoms with Crippen LogP contribution in [0, 0.1) is 5.82 Å². The number of rotatable bonds is 4. The highest BCUT2D eigenvalue weighted by Crippen LogP contribution is 2.35. The summed E-state index contributed by atoms with van der Waals surface area (Å²) in [6.07, 6.45) is 3.68. The number of nitrogens with zero attached hydrogens (tertiary/aromatic N) is 2. The third-order valence-electron chi connectivity index (χ3n) is 2.42. The standard InChI is InChI=1S/C12H14FN3S/c1-16-8-9(7-15-16)12(6-14)17-11-5-3-2-4-10(11)13/h2-5,7-8,12H,6,14H2,1H3. The van der Waals surface area contributed by atoms with Gasteiger partial charge < -0.3 is 5.73 Å². The molecule has 90 valence electrons. The Bertz CT molecular complexity index is 498. The Labute approximate surface area is 104 Å². The molecule has 0 amide bonds. The molecule has 0 radical (unpaired) electrons. The van der Waals surface area contributed by atoms with E-state index < -0.39 is 0 Å². The SMILES string of the molecule is Cn1cc(C(CN)Sc2ccccc2F)cn1. The van der Waals surface area contributed by atoms with Crippen molar-refractivity contribution in [1.29, 1.82) is 0 Å². The first-order chi connectivity index (χ1) is 8.20. The Hall–Kier alpha value is -1.33. The van der Waals surface area contributed by atoms with Gasteiger partial charge in [0.25, 0.3) is 0 Å². The molecule has 1 aromatic carbocycles. The minimum absolute atomic E-state index is 0.0283. The van der Waals surface area contributed by atoms with Crippen LogP contribution in [0.5, 0.6) is 0 Å². The molecule has 0 aliphatic rings. The van der Waals surface area contributed by atoms with E-state index in [0.29, 0.717) is 11.4 Å². The van der Waals surface area contributed by atoms with Crippen molar-refractivity contribution in [3.8, 4) is 0 Å². The second-order valence-corrected chi connectivity index (χ2v) is 4.96. The molecular formula is C12H14FN3S. The summed E-state index contributed by atoms with van der Waals surface area (Å²) in [4.78, 5) is 0.617. The summed E-state index contributed by atoms with van der Waals surface area (Å²) in [5.74, 6) is -0.208. The lowest BCUT2D eigenvalue weighted by atomic mass is 10.2. The summed E-state index contributed by atoms with van der Waals surface area (Å²) in [6, 6.07) is 6.72. The van der Waals surface area contributed by atoms with Crippen molar-refractivity contribution in [1.82, 2.24) is 9.78 Å². The molecule has 1 aromatic heterocycles. The maximum Gasteiger partial charge on any atom is 0.136 e. The summed E-state index contributed by atoms with van der Waals surface area (Å²) >= 11 is 1.43. The third kappa shape index (κ3) is 2.87. The fourth-order valence-electron chi connectivity index (χ4n) is 1.55. The van der Waals surface area contributed by atoms with E-state index in [1.807, 2.05) is 19.3 Å². The molecule has 0 bridgehead atoms. The zero-order chi connectivity index (χ0) is 12.3. The molecule has 5 heteroatoms. The van der Waals surface area contributed by atoms with Crippen molar-refractivity contribution in [2.24, 2.45) is 12.8 Å². The molecule has 0 spiro atoms. The van der Waals surface area contributed by atoms with Crippen molar-refractivity contribution in [2.45, 2.75) is 10.1 Å². The van der Waals surface area contributed by atoms with Gasteiger partial charge in [-0.1, -0.05) is 12.1 Å². The molecule has 0 aliphatic carbocycles. The van der Waals surface area contributed by atoms with Crippen molar-refractivity contribution < 1.29 is 4.39 Å². The quantitative estimate of drug-likeness (QED) is 0.848. The fraction of sp³-hybridized carbons (Fsp3) is 0.250. The largest absolute Gasteiger partial charge is 0.329 e. The van der Waals surface area contributed by atoms with Crippen molar-refractivity contribution in [3.63, 3.8) is 0 Å². The molecule has 3 nitrogen and oxygen atoms in total. The van der Waals surface area contributed by atoms with Crippen LogP contribution in [0.2, 0.25) is 0 Å². The molecule has 2 N–H and O–H groups in total. The first-order valence-corrected chi connectivity index (χ1v) is 6.18. The number of aryl methyl sites for hydroxylation is 1. The van der Waals surface area contributed by atoms with Gasteiger partial charge in [-0.25, -0.2) is 4.39 Å². The first-order valence-electron chi connectivity index (χ1n) is 5.30. The van der Waals surface area contributed by atoms with Crippen LogP contribution in [-0.2, 0) is 7.05 Å². The van der Waals surface area contributed by atoms with E-state index in [4.69, 9.17) is 5.73 Å². The Morgan fingerprint density at radius 2 is 2.24 bits per heavy atom. The third-order valence-corrected chi connectivity index (χ3v) is 3.75. The number of halogens is 1. The van der Waals surface area contributed by atoms with Crippen LogP contribution < -0.4 is 5.73 Å². The number of aromatic nitrogens is 2. The van der Waals surface area contributed by atoms with Crippen LogP contribution in [0.4, 0.5) is 4.39 Å².